The van der Waals surface area contributed by atoms with Crippen molar-refractivity contribution in [3.8, 4) is 22.3 Å². The number of aryl methyl sites for hydroxylation is 4. The summed E-state index contributed by atoms with van der Waals surface area (Å²) in [6.45, 7) is 4.54. The summed E-state index contributed by atoms with van der Waals surface area (Å²) < 4.78 is 0. The zero-order valence-corrected chi connectivity index (χ0v) is 29.3. The summed E-state index contributed by atoms with van der Waals surface area (Å²) in [4.78, 5) is 0. The van der Waals surface area contributed by atoms with Crippen molar-refractivity contribution < 1.29 is 51.0 Å². The molecule has 0 atom stereocenters. The SMILES string of the molecule is Cc1[cH-]c2cccc(CCc3cccc4[cH-]c(C)c(-c5cccc6ccccc56)c34)c2c1-c1cccc2ccccc12.[Cl-].[Cl-].[Zr+4]. The molecule has 0 heterocycles. The van der Waals surface area contributed by atoms with E-state index in [1.807, 2.05) is 0 Å². The fourth-order valence-corrected chi connectivity index (χ4v) is 7.36. The monoisotopic (exact) mass is 696 g/mol. The van der Waals surface area contributed by atoms with Crippen LogP contribution in [-0.4, -0.2) is 0 Å². The van der Waals surface area contributed by atoms with E-state index in [0.29, 0.717) is 0 Å². The molecule has 8 aromatic carbocycles. The molecule has 0 saturated heterocycles. The summed E-state index contributed by atoms with van der Waals surface area (Å²) in [5, 5.41) is 10.7. The molecule has 0 bridgehead atoms. The molecule has 3 heteroatoms. The molecule has 0 spiro atoms. The molecule has 0 aliphatic carbocycles. The molecule has 0 N–H and O–H groups in total. The standard InChI is InChI=1S/C42H32.2ClH.Zr/c1-27-25-33-17-7-15-31(41(33)39(27)37-21-9-13-29-11-3-5-19-35(29)37)23-24-32-16-8-18-34-26-28(2)40(42(32)34)38-22-10-14-30-12-4-6-20-36(30)38;;;/h3-22,25-26H,23-24H2,1-2H3;2*1H;/q-2;;;+4/p-2. The van der Waals surface area contributed by atoms with Gasteiger partial charge in [0.2, 0.25) is 0 Å². The molecule has 218 valence electrons. The topological polar surface area (TPSA) is 0 Å². The second-order valence-electron chi connectivity index (χ2n) is 11.7. The zero-order chi connectivity index (χ0) is 28.2. The summed E-state index contributed by atoms with van der Waals surface area (Å²) in [7, 11) is 0. The van der Waals surface area contributed by atoms with E-state index in [2.05, 4.69) is 147 Å². The Kier molecular flexibility index (Phi) is 9.86. The van der Waals surface area contributed by atoms with Crippen LogP contribution < -0.4 is 24.8 Å². The Hall–Kier alpha value is -3.48. The summed E-state index contributed by atoms with van der Waals surface area (Å²) in [6.07, 6.45) is 1.99. The molecule has 45 heavy (non-hydrogen) atoms. The first-order chi connectivity index (χ1) is 20.7. The number of benzene rings is 6. The summed E-state index contributed by atoms with van der Waals surface area (Å²) in [6, 6.07) is 49.4. The van der Waals surface area contributed by atoms with Gasteiger partial charge in [-0.05, 0) is 34.4 Å². The second kappa shape index (κ2) is 13.5. The van der Waals surface area contributed by atoms with E-state index >= 15 is 0 Å². The minimum Gasteiger partial charge on any atom is -1.00 e. The minimum absolute atomic E-state index is 0. The average molecular weight is 699 g/mol. The number of fused-ring (bicyclic) bond motifs is 4. The Bertz CT molecular complexity index is 2110. The third-order valence-electron chi connectivity index (χ3n) is 9.18. The van der Waals surface area contributed by atoms with E-state index in [1.54, 1.807) is 0 Å². The maximum Gasteiger partial charge on any atom is 4.00 e. The Balaban J connectivity index is 0.00000133. The minimum atomic E-state index is 0. The normalized spacial score (nSPS) is 11.0. The van der Waals surface area contributed by atoms with Crippen molar-refractivity contribution >= 4 is 43.1 Å². The van der Waals surface area contributed by atoms with Gasteiger partial charge in [-0.25, -0.2) is 0 Å². The van der Waals surface area contributed by atoms with Crippen LogP contribution in [0.15, 0.2) is 133 Å². The Labute approximate surface area is 296 Å². The Morgan fingerprint density at radius 2 is 0.822 bits per heavy atom. The van der Waals surface area contributed by atoms with Crippen LogP contribution in [0.5, 0.6) is 0 Å². The molecule has 0 saturated carbocycles. The van der Waals surface area contributed by atoms with Crippen molar-refractivity contribution in [2.45, 2.75) is 26.7 Å². The smallest absolute Gasteiger partial charge is 1.00 e. The van der Waals surface area contributed by atoms with Gasteiger partial charge in [-0.15, -0.1) is 80.2 Å². The molecule has 0 aliphatic heterocycles. The predicted molar refractivity (Wildman–Crippen MR) is 182 cm³/mol. The van der Waals surface area contributed by atoms with Gasteiger partial charge in [0.1, 0.15) is 0 Å². The summed E-state index contributed by atoms with van der Waals surface area (Å²) in [5.41, 5.74) is 11.0. The van der Waals surface area contributed by atoms with Crippen LogP contribution in [0.4, 0.5) is 0 Å². The summed E-state index contributed by atoms with van der Waals surface area (Å²) >= 11 is 0. The van der Waals surface area contributed by atoms with Crippen LogP contribution in [0.25, 0.3) is 65.3 Å². The second-order valence-corrected chi connectivity index (χ2v) is 11.7. The van der Waals surface area contributed by atoms with Gasteiger partial charge >= 0.3 is 26.2 Å². The molecular weight excluding hydrogens is 667 g/mol. The van der Waals surface area contributed by atoms with Crippen molar-refractivity contribution in [2.75, 3.05) is 0 Å². The largest absolute Gasteiger partial charge is 4.00 e. The number of hydrogen-bond donors (Lipinski definition) is 0. The first kappa shape index (κ1) is 32.9. The van der Waals surface area contributed by atoms with Crippen molar-refractivity contribution in [2.24, 2.45) is 0 Å². The molecule has 0 nitrogen and oxygen atoms in total. The fourth-order valence-electron chi connectivity index (χ4n) is 7.36. The maximum atomic E-state index is 2.37. The van der Waals surface area contributed by atoms with Gasteiger partial charge in [0.15, 0.2) is 0 Å². The van der Waals surface area contributed by atoms with Crippen molar-refractivity contribution in [1.82, 2.24) is 0 Å². The van der Waals surface area contributed by atoms with Gasteiger partial charge in [-0.1, -0.05) is 133 Å². The quantitative estimate of drug-likeness (QED) is 0.209. The van der Waals surface area contributed by atoms with Gasteiger partial charge in [-0.3, -0.25) is 0 Å². The molecule has 8 rings (SSSR count). The summed E-state index contributed by atoms with van der Waals surface area (Å²) in [5.74, 6) is 0. The van der Waals surface area contributed by atoms with E-state index in [1.165, 1.54) is 87.6 Å². The third-order valence-corrected chi connectivity index (χ3v) is 9.18. The van der Waals surface area contributed by atoms with Crippen LogP contribution in [0.2, 0.25) is 0 Å². The molecule has 0 unspecified atom stereocenters. The molecule has 0 amide bonds. The maximum absolute atomic E-state index is 2.37. The number of halogens is 2. The number of hydrogen-bond acceptors (Lipinski definition) is 0. The van der Waals surface area contributed by atoms with Crippen LogP contribution in [0, 0.1) is 13.8 Å². The van der Waals surface area contributed by atoms with Gasteiger partial charge in [0.05, 0.1) is 0 Å². The van der Waals surface area contributed by atoms with Crippen molar-refractivity contribution in [3.63, 3.8) is 0 Å². The average Bonchev–Trinajstić information content (AvgIpc) is 3.55. The zero-order valence-electron chi connectivity index (χ0n) is 25.4. The van der Waals surface area contributed by atoms with Crippen LogP contribution in [0.3, 0.4) is 0 Å². The number of rotatable bonds is 5. The first-order valence-electron chi connectivity index (χ1n) is 15.0. The third kappa shape index (κ3) is 5.61. The van der Waals surface area contributed by atoms with E-state index in [9.17, 15) is 0 Å². The van der Waals surface area contributed by atoms with Gasteiger partial charge < -0.3 is 24.8 Å². The van der Waals surface area contributed by atoms with E-state index in [4.69, 9.17) is 0 Å². The van der Waals surface area contributed by atoms with E-state index in [0.717, 1.165) is 12.8 Å². The molecule has 0 aromatic heterocycles. The van der Waals surface area contributed by atoms with Crippen LogP contribution in [-0.2, 0) is 39.0 Å². The fraction of sp³-hybridized carbons (Fsp3) is 0.0952. The van der Waals surface area contributed by atoms with Crippen LogP contribution >= 0.6 is 0 Å². The molecule has 0 aliphatic rings. The van der Waals surface area contributed by atoms with Gasteiger partial charge in [-0.2, -0.15) is 0 Å². The predicted octanol–water partition coefficient (Wildman–Crippen LogP) is 5.48. The molecule has 0 fully saturated rings. The van der Waals surface area contributed by atoms with Crippen LogP contribution in [0.1, 0.15) is 22.3 Å². The molecule has 0 radical (unpaired) electrons. The van der Waals surface area contributed by atoms with Gasteiger partial charge in [0, 0.05) is 0 Å². The first-order valence-corrected chi connectivity index (χ1v) is 15.0. The van der Waals surface area contributed by atoms with Gasteiger partial charge in [0.25, 0.3) is 0 Å². The molecule has 8 aromatic rings. The molecular formula is C42H32Cl2Zr. The van der Waals surface area contributed by atoms with E-state index < -0.39 is 0 Å². The van der Waals surface area contributed by atoms with Crippen molar-refractivity contribution in [3.05, 3.63) is 156 Å². The van der Waals surface area contributed by atoms with E-state index in [-0.39, 0.29) is 51.0 Å². The van der Waals surface area contributed by atoms with Crippen molar-refractivity contribution in [1.29, 1.82) is 0 Å². The Morgan fingerprint density at radius 3 is 1.27 bits per heavy atom. The Morgan fingerprint density at radius 1 is 0.444 bits per heavy atom.